The fraction of sp³-hybridized carbons (Fsp3) is 0.438. The monoisotopic (exact) mass is 317 g/mol. The van der Waals surface area contributed by atoms with E-state index in [4.69, 9.17) is 4.84 Å². The van der Waals surface area contributed by atoms with Crippen LogP contribution in [0.1, 0.15) is 30.4 Å². The van der Waals surface area contributed by atoms with Gasteiger partial charge >= 0.3 is 12.1 Å². The van der Waals surface area contributed by atoms with E-state index < -0.39 is 24.1 Å². The number of urea groups is 1. The Labute approximate surface area is 134 Å². The topological polar surface area (TPSA) is 79.0 Å². The highest BCUT2D eigenvalue weighted by atomic mass is 16.7. The molecule has 23 heavy (non-hydrogen) atoms. The zero-order valence-corrected chi connectivity index (χ0v) is 12.9. The summed E-state index contributed by atoms with van der Waals surface area (Å²) in [6.07, 6.45) is 1.57. The number of nitrogens with one attached hydrogen (secondary N) is 1. The highest BCUT2D eigenvalue weighted by Gasteiger charge is 2.48. The summed E-state index contributed by atoms with van der Waals surface area (Å²) < 4.78 is 0. The molecule has 1 N–H and O–H groups in total. The highest BCUT2D eigenvalue weighted by Crippen LogP contribution is 2.26. The fourth-order valence-corrected chi connectivity index (χ4v) is 2.94. The number of benzene rings is 1. The van der Waals surface area contributed by atoms with Gasteiger partial charge in [-0.1, -0.05) is 29.3 Å². The van der Waals surface area contributed by atoms with Crippen molar-refractivity contribution in [2.24, 2.45) is 0 Å². The normalized spacial score (nSPS) is 20.5. The predicted octanol–water partition coefficient (Wildman–Crippen LogP) is 1.95. The van der Waals surface area contributed by atoms with Crippen LogP contribution in [0, 0.1) is 6.92 Å². The van der Waals surface area contributed by atoms with Crippen molar-refractivity contribution in [3.05, 3.63) is 35.4 Å². The molecular formula is C16H19N3O4. The number of carbonyl (C=O) groups is 3. The summed E-state index contributed by atoms with van der Waals surface area (Å²) in [5.41, 5.74) is 1.99. The van der Waals surface area contributed by atoms with Gasteiger partial charge in [0.15, 0.2) is 0 Å². The second kappa shape index (κ2) is 6.28. The summed E-state index contributed by atoms with van der Waals surface area (Å²) in [7, 11) is 0. The average molecular weight is 317 g/mol. The number of hydroxylamine groups is 2. The molecule has 1 aromatic rings. The number of hydrogen-bond acceptors (Lipinski definition) is 4. The molecule has 0 aliphatic carbocycles. The van der Waals surface area contributed by atoms with Crippen LogP contribution in [-0.4, -0.2) is 40.6 Å². The number of carbonyl (C=O) groups excluding carboxylic acids is 3. The van der Waals surface area contributed by atoms with E-state index in [1.54, 1.807) is 0 Å². The Bertz CT molecular complexity index is 622. The van der Waals surface area contributed by atoms with Crippen LogP contribution in [0.15, 0.2) is 24.3 Å². The number of rotatable bonds is 3. The Morgan fingerprint density at radius 2 is 2.09 bits per heavy atom. The molecule has 0 spiro atoms. The maximum Gasteiger partial charge on any atom is 0.432 e. The molecule has 4 amide bonds. The molecule has 2 aliphatic rings. The molecule has 0 saturated carbocycles. The van der Waals surface area contributed by atoms with Crippen molar-refractivity contribution in [3.63, 3.8) is 0 Å². The minimum atomic E-state index is -0.810. The van der Waals surface area contributed by atoms with Crippen molar-refractivity contribution in [3.8, 4) is 0 Å². The summed E-state index contributed by atoms with van der Waals surface area (Å²) >= 11 is 0. The Balaban J connectivity index is 1.58. The van der Waals surface area contributed by atoms with Crippen molar-refractivity contribution in [1.82, 2.24) is 15.3 Å². The number of fused-ring (bicyclic) bond motifs is 1. The molecule has 1 unspecified atom stereocenters. The minimum absolute atomic E-state index is 0.273. The summed E-state index contributed by atoms with van der Waals surface area (Å²) in [6.45, 7) is 2.74. The van der Waals surface area contributed by atoms with Gasteiger partial charge < -0.3 is 15.1 Å². The smallest absolute Gasteiger partial charge is 0.316 e. The van der Waals surface area contributed by atoms with Crippen molar-refractivity contribution in [2.45, 2.75) is 38.8 Å². The maximum absolute atomic E-state index is 12.2. The molecule has 1 aromatic carbocycles. The van der Waals surface area contributed by atoms with E-state index in [1.807, 2.05) is 31.2 Å². The SMILES string of the molecule is Cc1ccccc1CNC(=O)ON1C(=O)C2CCCCN2C1=O. The van der Waals surface area contributed by atoms with Gasteiger partial charge in [-0.2, -0.15) is 0 Å². The summed E-state index contributed by atoms with van der Waals surface area (Å²) in [5, 5.41) is 3.15. The van der Waals surface area contributed by atoms with Crippen molar-refractivity contribution in [1.29, 1.82) is 0 Å². The van der Waals surface area contributed by atoms with E-state index in [-0.39, 0.29) is 6.54 Å². The average Bonchev–Trinajstić information content (AvgIpc) is 2.80. The third-order valence-corrected chi connectivity index (χ3v) is 4.27. The van der Waals surface area contributed by atoms with Gasteiger partial charge in [0.2, 0.25) is 0 Å². The third-order valence-electron chi connectivity index (χ3n) is 4.27. The summed E-state index contributed by atoms with van der Waals surface area (Å²) in [5.74, 6) is -0.458. The Kier molecular flexibility index (Phi) is 4.18. The first-order valence-corrected chi connectivity index (χ1v) is 7.73. The number of hydrogen-bond donors (Lipinski definition) is 1. The van der Waals surface area contributed by atoms with E-state index >= 15 is 0 Å². The molecular weight excluding hydrogens is 298 g/mol. The summed E-state index contributed by atoms with van der Waals surface area (Å²) in [6, 6.07) is 6.58. The lowest BCUT2D eigenvalue weighted by molar-refractivity contribution is -0.150. The molecule has 2 saturated heterocycles. The molecule has 7 heteroatoms. The largest absolute Gasteiger partial charge is 0.432 e. The second-order valence-electron chi connectivity index (χ2n) is 5.78. The van der Waals surface area contributed by atoms with Gasteiger partial charge in [0.25, 0.3) is 5.91 Å². The van der Waals surface area contributed by atoms with E-state index in [0.717, 1.165) is 24.0 Å². The van der Waals surface area contributed by atoms with E-state index in [0.29, 0.717) is 18.0 Å². The van der Waals surface area contributed by atoms with Gasteiger partial charge in [-0.25, -0.2) is 9.59 Å². The number of amides is 4. The molecule has 7 nitrogen and oxygen atoms in total. The first-order valence-electron chi connectivity index (χ1n) is 7.73. The molecule has 2 fully saturated rings. The zero-order valence-electron chi connectivity index (χ0n) is 12.9. The third kappa shape index (κ3) is 2.99. The quantitative estimate of drug-likeness (QED) is 0.864. The van der Waals surface area contributed by atoms with Gasteiger partial charge in [0.1, 0.15) is 6.04 Å². The molecule has 0 aromatic heterocycles. The van der Waals surface area contributed by atoms with Crippen LogP contribution in [-0.2, 0) is 16.2 Å². The maximum atomic E-state index is 12.2. The molecule has 1 atom stereocenters. The van der Waals surface area contributed by atoms with Crippen molar-refractivity contribution >= 4 is 18.0 Å². The van der Waals surface area contributed by atoms with Gasteiger partial charge in [-0.05, 0) is 37.3 Å². The van der Waals surface area contributed by atoms with Crippen LogP contribution < -0.4 is 5.32 Å². The lowest BCUT2D eigenvalue weighted by Gasteiger charge is -2.25. The number of aryl methyl sites for hydroxylation is 1. The van der Waals surface area contributed by atoms with Crippen molar-refractivity contribution < 1.29 is 19.2 Å². The summed E-state index contributed by atoms with van der Waals surface area (Å²) in [4.78, 5) is 42.6. The van der Waals surface area contributed by atoms with Gasteiger partial charge in [-0.3, -0.25) is 4.79 Å². The lowest BCUT2D eigenvalue weighted by atomic mass is 10.0. The minimum Gasteiger partial charge on any atom is -0.316 e. The van der Waals surface area contributed by atoms with Gasteiger partial charge in [0.05, 0.1) is 0 Å². The van der Waals surface area contributed by atoms with Crippen LogP contribution >= 0.6 is 0 Å². The lowest BCUT2D eigenvalue weighted by Crippen LogP contribution is -2.39. The van der Waals surface area contributed by atoms with Crippen LogP contribution in [0.3, 0.4) is 0 Å². The van der Waals surface area contributed by atoms with Crippen LogP contribution in [0.25, 0.3) is 0 Å². The first kappa shape index (κ1) is 15.3. The Hall–Kier alpha value is -2.57. The number of nitrogens with zero attached hydrogens (tertiary/aromatic N) is 2. The van der Waals surface area contributed by atoms with E-state index in [9.17, 15) is 14.4 Å². The second-order valence-corrected chi connectivity index (χ2v) is 5.78. The molecule has 2 aliphatic heterocycles. The number of piperidine rings is 1. The standard InChI is InChI=1S/C16H19N3O4/c1-11-6-2-3-7-12(11)10-17-15(21)23-19-14(20)13-8-4-5-9-18(13)16(19)22/h2-3,6-7,13H,4-5,8-10H2,1H3,(H,17,21). The van der Waals surface area contributed by atoms with E-state index in [1.165, 1.54) is 4.90 Å². The molecule has 122 valence electrons. The Morgan fingerprint density at radius 1 is 1.30 bits per heavy atom. The molecule has 0 bridgehead atoms. The van der Waals surface area contributed by atoms with Gasteiger partial charge in [0, 0.05) is 13.1 Å². The zero-order chi connectivity index (χ0) is 16.4. The molecule has 0 radical (unpaired) electrons. The van der Waals surface area contributed by atoms with Crippen LogP contribution in [0.2, 0.25) is 0 Å². The highest BCUT2D eigenvalue weighted by molar-refractivity contribution is 6.03. The van der Waals surface area contributed by atoms with Crippen molar-refractivity contribution in [2.75, 3.05) is 6.54 Å². The van der Waals surface area contributed by atoms with Crippen LogP contribution in [0.4, 0.5) is 9.59 Å². The number of imide groups is 1. The van der Waals surface area contributed by atoms with Gasteiger partial charge in [-0.15, -0.1) is 0 Å². The molecule has 2 heterocycles. The molecule has 3 rings (SSSR count). The predicted molar refractivity (Wildman–Crippen MR) is 81.1 cm³/mol. The Morgan fingerprint density at radius 3 is 2.83 bits per heavy atom. The van der Waals surface area contributed by atoms with Crippen LogP contribution in [0.5, 0.6) is 0 Å². The first-order chi connectivity index (χ1) is 11.1. The fourth-order valence-electron chi connectivity index (χ4n) is 2.94. The van der Waals surface area contributed by atoms with E-state index in [2.05, 4.69) is 5.32 Å².